The van der Waals surface area contributed by atoms with Gasteiger partial charge in [0.15, 0.2) is 0 Å². The first-order chi connectivity index (χ1) is 11.6. The molecule has 1 saturated heterocycles. The van der Waals surface area contributed by atoms with Crippen LogP contribution in [0.25, 0.3) is 0 Å². The number of piperidine rings is 1. The van der Waals surface area contributed by atoms with Crippen molar-refractivity contribution in [3.05, 3.63) is 0 Å². The van der Waals surface area contributed by atoms with E-state index in [0.29, 0.717) is 11.5 Å². The van der Waals surface area contributed by atoms with Gasteiger partial charge in [0.25, 0.3) is 0 Å². The number of carbonyl (C=O) groups is 1. The van der Waals surface area contributed by atoms with E-state index in [1.807, 2.05) is 0 Å². The molecule has 0 spiro atoms. The van der Waals surface area contributed by atoms with Crippen molar-refractivity contribution >= 4 is 6.03 Å². The zero-order chi connectivity index (χ0) is 17.0. The normalized spacial score (nSPS) is 31.8. The third-order valence-electron chi connectivity index (χ3n) is 6.51. The highest BCUT2D eigenvalue weighted by Gasteiger charge is 2.32. The number of likely N-dealkylation sites (tertiary alicyclic amines) is 1. The molecule has 0 aromatic carbocycles. The van der Waals surface area contributed by atoms with E-state index in [2.05, 4.69) is 22.5 Å². The van der Waals surface area contributed by atoms with Gasteiger partial charge in [-0.3, -0.25) is 4.90 Å². The largest absolute Gasteiger partial charge is 0.391 e. The Morgan fingerprint density at radius 2 is 1.75 bits per heavy atom. The second-order valence-corrected chi connectivity index (χ2v) is 8.57. The fraction of sp³-hybridized carbons (Fsp3) is 0.947. The first kappa shape index (κ1) is 18.0. The molecule has 2 unspecified atom stereocenters. The number of carbonyl (C=O) groups excluding carboxylic acids is 1. The zero-order valence-electron chi connectivity index (χ0n) is 15.2. The van der Waals surface area contributed by atoms with E-state index >= 15 is 0 Å². The Hall–Kier alpha value is -0.810. The molecule has 2 atom stereocenters. The van der Waals surface area contributed by atoms with Crippen molar-refractivity contribution < 1.29 is 9.90 Å². The fourth-order valence-corrected chi connectivity index (χ4v) is 4.83. The number of rotatable bonds is 4. The Balaban J connectivity index is 1.36. The maximum Gasteiger partial charge on any atom is 0.315 e. The lowest BCUT2D eigenvalue weighted by molar-refractivity contribution is 0.00776. The molecule has 3 fully saturated rings. The third kappa shape index (κ3) is 4.63. The molecular weight excluding hydrogens is 302 g/mol. The maximum atomic E-state index is 12.2. The standard InChI is InChI=1S/C19H35N3O2/c1-19(10-4-5-11-19)14-20-18(24)21-15-8-12-22(13-9-15)16-6-2-3-7-17(16)23/h15-17,23H,2-14H2,1H3,(H2,20,21,24). The molecule has 0 bridgehead atoms. The van der Waals surface area contributed by atoms with Gasteiger partial charge in [-0.15, -0.1) is 0 Å². The number of hydrogen-bond acceptors (Lipinski definition) is 3. The first-order valence-electron chi connectivity index (χ1n) is 10.0. The molecule has 1 aliphatic heterocycles. The summed E-state index contributed by atoms with van der Waals surface area (Å²) < 4.78 is 0. The van der Waals surface area contributed by atoms with Gasteiger partial charge >= 0.3 is 6.03 Å². The predicted molar refractivity (Wildman–Crippen MR) is 96.0 cm³/mol. The minimum Gasteiger partial charge on any atom is -0.391 e. The lowest BCUT2D eigenvalue weighted by Crippen LogP contribution is -2.53. The van der Waals surface area contributed by atoms with E-state index in [0.717, 1.165) is 51.7 Å². The average Bonchev–Trinajstić information content (AvgIpc) is 3.02. The maximum absolute atomic E-state index is 12.2. The van der Waals surface area contributed by atoms with E-state index in [1.165, 1.54) is 32.1 Å². The summed E-state index contributed by atoms with van der Waals surface area (Å²) in [6.07, 6.45) is 11.4. The van der Waals surface area contributed by atoms with Crippen LogP contribution in [0.15, 0.2) is 0 Å². The quantitative estimate of drug-likeness (QED) is 0.739. The van der Waals surface area contributed by atoms with E-state index in [-0.39, 0.29) is 18.2 Å². The van der Waals surface area contributed by atoms with E-state index in [9.17, 15) is 9.90 Å². The Morgan fingerprint density at radius 3 is 2.42 bits per heavy atom. The predicted octanol–water partition coefficient (Wildman–Crippen LogP) is 2.63. The Labute approximate surface area is 146 Å². The smallest absolute Gasteiger partial charge is 0.315 e. The van der Waals surface area contributed by atoms with Crippen LogP contribution in [0.3, 0.4) is 0 Å². The van der Waals surface area contributed by atoms with Crippen molar-refractivity contribution in [2.45, 2.75) is 89.3 Å². The van der Waals surface area contributed by atoms with Crippen LogP contribution >= 0.6 is 0 Å². The van der Waals surface area contributed by atoms with Gasteiger partial charge in [0.05, 0.1) is 6.10 Å². The van der Waals surface area contributed by atoms with Crippen LogP contribution in [0.2, 0.25) is 0 Å². The molecule has 3 N–H and O–H groups in total. The molecule has 24 heavy (non-hydrogen) atoms. The summed E-state index contributed by atoms with van der Waals surface area (Å²) >= 11 is 0. The summed E-state index contributed by atoms with van der Waals surface area (Å²) in [5.74, 6) is 0. The minimum atomic E-state index is -0.154. The zero-order valence-corrected chi connectivity index (χ0v) is 15.2. The number of nitrogens with zero attached hydrogens (tertiary/aromatic N) is 1. The van der Waals surface area contributed by atoms with Crippen LogP contribution in [0.1, 0.15) is 71.1 Å². The van der Waals surface area contributed by atoms with Crippen LogP contribution in [0.5, 0.6) is 0 Å². The van der Waals surface area contributed by atoms with Crippen molar-refractivity contribution in [1.82, 2.24) is 15.5 Å². The first-order valence-corrected chi connectivity index (χ1v) is 10.0. The van der Waals surface area contributed by atoms with Gasteiger partial charge in [0, 0.05) is 31.7 Å². The van der Waals surface area contributed by atoms with Gasteiger partial charge in [0.1, 0.15) is 0 Å². The molecule has 0 aromatic rings. The molecular formula is C19H35N3O2. The summed E-state index contributed by atoms with van der Waals surface area (Å²) in [6, 6.07) is 0.619. The SMILES string of the molecule is CC1(CNC(=O)NC2CCN(C3CCCCC3O)CC2)CCCC1. The highest BCUT2D eigenvalue weighted by atomic mass is 16.3. The number of amides is 2. The van der Waals surface area contributed by atoms with Gasteiger partial charge in [0.2, 0.25) is 0 Å². The Kier molecular flexibility index (Phi) is 6.03. The summed E-state index contributed by atoms with van der Waals surface area (Å²) in [5.41, 5.74) is 0.303. The average molecular weight is 338 g/mol. The third-order valence-corrected chi connectivity index (χ3v) is 6.51. The van der Waals surface area contributed by atoms with Crippen molar-refractivity contribution in [3.63, 3.8) is 0 Å². The van der Waals surface area contributed by atoms with Gasteiger partial charge in [-0.25, -0.2) is 4.79 Å². The molecule has 5 heteroatoms. The molecule has 5 nitrogen and oxygen atoms in total. The van der Waals surface area contributed by atoms with Gasteiger partial charge in [-0.1, -0.05) is 32.6 Å². The van der Waals surface area contributed by atoms with Gasteiger partial charge in [-0.2, -0.15) is 0 Å². The van der Waals surface area contributed by atoms with Crippen LogP contribution < -0.4 is 10.6 Å². The van der Waals surface area contributed by atoms with Gasteiger partial charge in [-0.05, 0) is 43.9 Å². The highest BCUT2D eigenvalue weighted by molar-refractivity contribution is 5.74. The van der Waals surface area contributed by atoms with Crippen molar-refractivity contribution in [2.75, 3.05) is 19.6 Å². The number of aliphatic hydroxyl groups is 1. The lowest BCUT2D eigenvalue weighted by atomic mass is 9.89. The van der Waals surface area contributed by atoms with Crippen molar-refractivity contribution in [3.8, 4) is 0 Å². The fourth-order valence-electron chi connectivity index (χ4n) is 4.83. The monoisotopic (exact) mass is 337 g/mol. The summed E-state index contributed by atoms with van der Waals surface area (Å²) in [4.78, 5) is 14.6. The number of hydrogen-bond donors (Lipinski definition) is 3. The summed E-state index contributed by atoms with van der Waals surface area (Å²) in [6.45, 7) is 5.06. The molecule has 3 aliphatic rings. The minimum absolute atomic E-state index is 0.000670. The lowest BCUT2D eigenvalue weighted by Gasteiger charge is -2.41. The van der Waals surface area contributed by atoms with Crippen molar-refractivity contribution in [1.29, 1.82) is 0 Å². The van der Waals surface area contributed by atoms with Crippen LogP contribution in [-0.2, 0) is 0 Å². The number of urea groups is 1. The molecule has 2 saturated carbocycles. The van der Waals surface area contributed by atoms with Crippen molar-refractivity contribution in [2.24, 2.45) is 5.41 Å². The second-order valence-electron chi connectivity index (χ2n) is 8.57. The molecule has 0 aromatic heterocycles. The van der Waals surface area contributed by atoms with Crippen LogP contribution in [0, 0.1) is 5.41 Å². The highest BCUT2D eigenvalue weighted by Crippen LogP contribution is 2.36. The van der Waals surface area contributed by atoms with E-state index in [1.54, 1.807) is 0 Å². The van der Waals surface area contributed by atoms with Gasteiger partial charge < -0.3 is 15.7 Å². The summed E-state index contributed by atoms with van der Waals surface area (Å²) in [5, 5.41) is 16.5. The molecule has 138 valence electrons. The van der Waals surface area contributed by atoms with Crippen LogP contribution in [0.4, 0.5) is 4.79 Å². The molecule has 3 rings (SSSR count). The topological polar surface area (TPSA) is 64.6 Å². The molecule has 0 radical (unpaired) electrons. The molecule has 2 amide bonds. The van der Waals surface area contributed by atoms with Crippen LogP contribution in [-0.4, -0.2) is 53.9 Å². The Morgan fingerprint density at radius 1 is 1.08 bits per heavy atom. The number of aliphatic hydroxyl groups excluding tert-OH is 1. The molecule has 1 heterocycles. The van der Waals surface area contributed by atoms with E-state index < -0.39 is 0 Å². The van der Waals surface area contributed by atoms with E-state index in [4.69, 9.17) is 0 Å². The second kappa shape index (κ2) is 8.05. The Bertz CT molecular complexity index is 415. The molecule has 2 aliphatic carbocycles. The number of nitrogens with one attached hydrogen (secondary N) is 2. The summed E-state index contributed by atoms with van der Waals surface area (Å²) in [7, 11) is 0.